The number of alkyl halides is 3. The lowest BCUT2D eigenvalue weighted by molar-refractivity contribution is -0.137. The van der Waals surface area contributed by atoms with Crippen molar-refractivity contribution in [2.45, 2.75) is 12.7 Å². The van der Waals surface area contributed by atoms with Gasteiger partial charge in [0.1, 0.15) is 0 Å². The molecule has 2 aromatic rings. The SMILES string of the molecule is COc1c(Cl)ncn(Cc2cccc(C(F)(F)F)c2)c1=O. The minimum atomic E-state index is -4.43. The van der Waals surface area contributed by atoms with Crippen LogP contribution < -0.4 is 10.3 Å². The maximum atomic E-state index is 12.6. The first-order valence-electron chi connectivity index (χ1n) is 5.78. The highest BCUT2D eigenvalue weighted by molar-refractivity contribution is 6.30. The molecule has 1 aromatic carbocycles. The number of methoxy groups -OCH3 is 1. The molecule has 0 unspecified atom stereocenters. The number of benzene rings is 1. The van der Waals surface area contributed by atoms with E-state index in [0.717, 1.165) is 23.0 Å². The van der Waals surface area contributed by atoms with Crippen molar-refractivity contribution in [3.63, 3.8) is 0 Å². The molecule has 4 nitrogen and oxygen atoms in total. The Morgan fingerprint density at radius 3 is 2.71 bits per heavy atom. The highest BCUT2D eigenvalue weighted by Crippen LogP contribution is 2.29. The number of halogens is 4. The van der Waals surface area contributed by atoms with Crippen molar-refractivity contribution in [1.82, 2.24) is 9.55 Å². The first-order valence-corrected chi connectivity index (χ1v) is 6.16. The van der Waals surface area contributed by atoms with Crippen molar-refractivity contribution >= 4 is 11.6 Å². The summed E-state index contributed by atoms with van der Waals surface area (Å²) in [6, 6.07) is 4.72. The average Bonchev–Trinajstić information content (AvgIpc) is 2.42. The van der Waals surface area contributed by atoms with Crippen molar-refractivity contribution in [2.24, 2.45) is 0 Å². The van der Waals surface area contributed by atoms with Crippen molar-refractivity contribution in [1.29, 1.82) is 0 Å². The second-order valence-corrected chi connectivity index (χ2v) is 4.56. The van der Waals surface area contributed by atoms with Crippen LogP contribution >= 0.6 is 11.6 Å². The summed E-state index contributed by atoms with van der Waals surface area (Å²) in [5.74, 6) is -0.147. The van der Waals surface area contributed by atoms with Crippen LogP contribution in [0.5, 0.6) is 5.75 Å². The summed E-state index contributed by atoms with van der Waals surface area (Å²) in [4.78, 5) is 15.8. The molecule has 1 aromatic heterocycles. The van der Waals surface area contributed by atoms with Crippen LogP contribution in [0.2, 0.25) is 5.15 Å². The molecule has 0 saturated carbocycles. The number of ether oxygens (including phenoxy) is 1. The van der Waals surface area contributed by atoms with E-state index in [0.29, 0.717) is 5.56 Å². The van der Waals surface area contributed by atoms with Crippen LogP contribution in [0, 0.1) is 0 Å². The fraction of sp³-hybridized carbons (Fsp3) is 0.231. The van der Waals surface area contributed by atoms with Gasteiger partial charge in [-0.3, -0.25) is 9.36 Å². The van der Waals surface area contributed by atoms with E-state index in [1.54, 1.807) is 0 Å². The van der Waals surface area contributed by atoms with Gasteiger partial charge in [-0.05, 0) is 17.7 Å². The summed E-state index contributed by atoms with van der Waals surface area (Å²) in [7, 11) is 1.26. The van der Waals surface area contributed by atoms with E-state index in [4.69, 9.17) is 16.3 Å². The van der Waals surface area contributed by atoms with E-state index >= 15 is 0 Å². The van der Waals surface area contributed by atoms with Gasteiger partial charge < -0.3 is 4.74 Å². The first kappa shape index (κ1) is 15.4. The van der Waals surface area contributed by atoms with Crippen LogP contribution in [0.1, 0.15) is 11.1 Å². The van der Waals surface area contributed by atoms with Crippen LogP contribution in [0.25, 0.3) is 0 Å². The Bertz CT molecular complexity index is 713. The maximum absolute atomic E-state index is 12.6. The Balaban J connectivity index is 2.38. The second kappa shape index (κ2) is 5.77. The lowest BCUT2D eigenvalue weighted by Crippen LogP contribution is -2.22. The van der Waals surface area contributed by atoms with Crippen LogP contribution in [-0.2, 0) is 12.7 Å². The molecule has 21 heavy (non-hydrogen) atoms. The smallest absolute Gasteiger partial charge is 0.416 e. The molecule has 1 heterocycles. The molecule has 0 spiro atoms. The quantitative estimate of drug-likeness (QED) is 0.817. The molecule has 0 aliphatic heterocycles. The largest absolute Gasteiger partial charge is 0.489 e. The highest BCUT2D eigenvalue weighted by Gasteiger charge is 2.30. The number of nitrogens with zero attached hydrogens (tertiary/aromatic N) is 2. The Morgan fingerprint density at radius 2 is 2.10 bits per heavy atom. The molecule has 8 heteroatoms. The monoisotopic (exact) mass is 318 g/mol. The summed E-state index contributed by atoms with van der Waals surface area (Å²) >= 11 is 5.69. The fourth-order valence-corrected chi connectivity index (χ4v) is 1.98. The van der Waals surface area contributed by atoms with Crippen molar-refractivity contribution in [2.75, 3.05) is 7.11 Å². The van der Waals surface area contributed by atoms with E-state index in [-0.39, 0.29) is 17.4 Å². The van der Waals surface area contributed by atoms with Gasteiger partial charge >= 0.3 is 6.18 Å². The zero-order chi connectivity index (χ0) is 15.6. The van der Waals surface area contributed by atoms with Gasteiger partial charge in [0, 0.05) is 0 Å². The van der Waals surface area contributed by atoms with Crippen LogP contribution in [0.15, 0.2) is 35.4 Å². The molecular formula is C13H10ClF3N2O2. The molecule has 2 rings (SSSR count). The van der Waals surface area contributed by atoms with Gasteiger partial charge in [0.2, 0.25) is 5.75 Å². The third kappa shape index (κ3) is 3.36. The summed E-state index contributed by atoms with van der Waals surface area (Å²) in [6.45, 7) is -0.0662. The normalized spacial score (nSPS) is 11.5. The Kier molecular flexibility index (Phi) is 4.22. The minimum absolute atomic E-state index is 0.0662. The Labute approximate surface area is 122 Å². The van der Waals surface area contributed by atoms with Crippen LogP contribution in [-0.4, -0.2) is 16.7 Å². The van der Waals surface area contributed by atoms with Gasteiger partial charge in [-0.25, -0.2) is 4.98 Å². The third-order valence-corrected chi connectivity index (χ3v) is 3.03. The molecule has 0 radical (unpaired) electrons. The lowest BCUT2D eigenvalue weighted by atomic mass is 10.1. The highest BCUT2D eigenvalue weighted by atomic mass is 35.5. The van der Waals surface area contributed by atoms with Crippen molar-refractivity contribution in [3.05, 3.63) is 57.2 Å². The predicted octanol–water partition coefficient (Wildman–Crippen LogP) is 2.97. The molecule has 0 saturated heterocycles. The first-order chi connectivity index (χ1) is 9.82. The zero-order valence-corrected chi connectivity index (χ0v) is 11.6. The number of rotatable bonds is 3. The van der Waals surface area contributed by atoms with Crippen molar-refractivity contribution < 1.29 is 17.9 Å². The molecule has 0 amide bonds. The Morgan fingerprint density at radius 1 is 1.38 bits per heavy atom. The number of hydrogen-bond donors (Lipinski definition) is 0. The molecule has 0 bridgehead atoms. The predicted molar refractivity (Wildman–Crippen MR) is 70.6 cm³/mol. The average molecular weight is 319 g/mol. The van der Waals surface area contributed by atoms with E-state index < -0.39 is 17.3 Å². The molecule has 0 aliphatic rings. The minimum Gasteiger partial charge on any atom is -0.489 e. The number of hydrogen-bond acceptors (Lipinski definition) is 3. The third-order valence-electron chi connectivity index (χ3n) is 2.76. The second-order valence-electron chi connectivity index (χ2n) is 4.20. The van der Waals surface area contributed by atoms with Crippen LogP contribution in [0.4, 0.5) is 13.2 Å². The van der Waals surface area contributed by atoms with E-state index in [9.17, 15) is 18.0 Å². The van der Waals surface area contributed by atoms with Gasteiger partial charge in [0.05, 0.1) is 25.5 Å². The summed E-state index contributed by atoms with van der Waals surface area (Å²) in [6.07, 6.45) is -3.27. The Hall–Kier alpha value is -2.02. The van der Waals surface area contributed by atoms with Gasteiger partial charge in [-0.15, -0.1) is 0 Å². The molecule has 0 atom stereocenters. The number of aromatic nitrogens is 2. The molecule has 0 fully saturated rings. The van der Waals surface area contributed by atoms with E-state index in [1.807, 2.05) is 0 Å². The van der Waals surface area contributed by atoms with Crippen molar-refractivity contribution in [3.8, 4) is 5.75 Å². The van der Waals surface area contributed by atoms with E-state index in [1.165, 1.54) is 19.2 Å². The summed E-state index contributed by atoms with van der Waals surface area (Å²) < 4.78 is 43.9. The van der Waals surface area contributed by atoms with Gasteiger partial charge in [0.15, 0.2) is 5.15 Å². The molecular weight excluding hydrogens is 309 g/mol. The van der Waals surface area contributed by atoms with Gasteiger partial charge in [-0.1, -0.05) is 23.7 Å². The molecule has 112 valence electrons. The van der Waals surface area contributed by atoms with Gasteiger partial charge in [0.25, 0.3) is 5.56 Å². The molecule has 0 N–H and O–H groups in total. The maximum Gasteiger partial charge on any atom is 0.416 e. The lowest BCUT2D eigenvalue weighted by Gasteiger charge is -2.11. The summed E-state index contributed by atoms with van der Waals surface area (Å²) in [5.41, 5.74) is -1.02. The standard InChI is InChI=1S/C13H10ClF3N2O2/c1-21-10-11(14)18-7-19(12(10)20)6-8-3-2-4-9(5-8)13(15,16)17/h2-5,7H,6H2,1H3. The molecule has 0 aliphatic carbocycles. The zero-order valence-electron chi connectivity index (χ0n) is 10.8. The van der Waals surface area contributed by atoms with Gasteiger partial charge in [-0.2, -0.15) is 13.2 Å². The fourth-order valence-electron chi connectivity index (χ4n) is 1.78. The topological polar surface area (TPSA) is 44.1 Å². The van der Waals surface area contributed by atoms with Crippen LogP contribution in [0.3, 0.4) is 0 Å². The summed E-state index contributed by atoms with van der Waals surface area (Å²) in [5, 5.41) is -0.0946. The van der Waals surface area contributed by atoms with E-state index in [2.05, 4.69) is 4.98 Å².